The Morgan fingerprint density at radius 1 is 1.10 bits per heavy atom. The summed E-state index contributed by atoms with van der Waals surface area (Å²) in [5, 5.41) is 0. The summed E-state index contributed by atoms with van der Waals surface area (Å²) >= 11 is 1.78. The number of aromatic nitrogens is 2. The fourth-order valence-corrected chi connectivity index (χ4v) is 4.72. The van der Waals surface area contributed by atoms with Gasteiger partial charge in [0.2, 0.25) is 0 Å². The van der Waals surface area contributed by atoms with Gasteiger partial charge in [0.15, 0.2) is 0 Å². The molecule has 2 aromatic rings. The van der Waals surface area contributed by atoms with E-state index in [-0.39, 0.29) is 11.0 Å². The van der Waals surface area contributed by atoms with E-state index in [9.17, 15) is 4.79 Å². The van der Waals surface area contributed by atoms with Crippen molar-refractivity contribution in [2.75, 3.05) is 0 Å². The van der Waals surface area contributed by atoms with Crippen molar-refractivity contribution in [3.05, 3.63) is 63.3 Å². The van der Waals surface area contributed by atoms with Crippen LogP contribution in [0, 0.1) is 0 Å². The van der Waals surface area contributed by atoms with Gasteiger partial charge in [0.25, 0.3) is 5.56 Å². The molecule has 1 saturated carbocycles. The van der Waals surface area contributed by atoms with Crippen LogP contribution in [0.25, 0.3) is 0 Å². The molecule has 1 aliphatic carbocycles. The zero-order valence-corrected chi connectivity index (χ0v) is 12.7. The molecule has 2 heterocycles. The van der Waals surface area contributed by atoms with E-state index in [1.807, 2.05) is 6.07 Å². The van der Waals surface area contributed by atoms with Crippen LogP contribution in [0.4, 0.5) is 0 Å². The topological polar surface area (TPSA) is 45.8 Å². The minimum atomic E-state index is -0.0945. The molecule has 4 rings (SSSR count). The van der Waals surface area contributed by atoms with Crippen molar-refractivity contribution in [3.8, 4) is 0 Å². The number of aromatic amines is 1. The quantitative estimate of drug-likeness (QED) is 0.924. The molecule has 0 bridgehead atoms. The van der Waals surface area contributed by atoms with Crippen molar-refractivity contribution in [1.29, 1.82) is 0 Å². The summed E-state index contributed by atoms with van der Waals surface area (Å²) in [6.45, 7) is 0. The fraction of sp³-hybridized carbons (Fsp3) is 0.412. The third-order valence-electron chi connectivity index (χ3n) is 4.82. The smallest absolute Gasteiger partial charge is 0.255 e. The van der Waals surface area contributed by atoms with Crippen molar-refractivity contribution in [1.82, 2.24) is 9.97 Å². The maximum atomic E-state index is 12.4. The lowest BCUT2D eigenvalue weighted by molar-refractivity contribution is 0.495. The Hall–Kier alpha value is -1.55. The zero-order valence-electron chi connectivity index (χ0n) is 11.9. The third kappa shape index (κ3) is 2.04. The Morgan fingerprint density at radius 2 is 1.86 bits per heavy atom. The summed E-state index contributed by atoms with van der Waals surface area (Å²) in [7, 11) is 0. The van der Waals surface area contributed by atoms with Crippen LogP contribution < -0.4 is 5.56 Å². The number of hydrogen-bond donors (Lipinski definition) is 1. The van der Waals surface area contributed by atoms with Gasteiger partial charge in [-0.3, -0.25) is 4.79 Å². The summed E-state index contributed by atoms with van der Waals surface area (Å²) in [6.07, 6.45) is 4.55. The summed E-state index contributed by atoms with van der Waals surface area (Å²) in [6, 6.07) is 10.6. The maximum Gasteiger partial charge on any atom is 0.255 e. The minimum Gasteiger partial charge on any atom is -0.310 e. The van der Waals surface area contributed by atoms with Crippen molar-refractivity contribution in [2.45, 2.75) is 42.6 Å². The Balaban J connectivity index is 1.90. The molecule has 108 valence electrons. The largest absolute Gasteiger partial charge is 0.310 e. The Kier molecular flexibility index (Phi) is 3.14. The molecule has 0 spiro atoms. The molecule has 21 heavy (non-hydrogen) atoms. The first-order valence-corrected chi connectivity index (χ1v) is 8.71. The van der Waals surface area contributed by atoms with Crippen LogP contribution >= 0.6 is 11.8 Å². The van der Waals surface area contributed by atoms with E-state index in [0.29, 0.717) is 0 Å². The number of nitrogens with one attached hydrogen (secondary N) is 1. The molecular formula is C17H18N2OS. The lowest BCUT2D eigenvalue weighted by atomic mass is 9.78. The number of hydrogen-bond acceptors (Lipinski definition) is 3. The van der Waals surface area contributed by atoms with E-state index in [0.717, 1.165) is 41.4 Å². The number of H-pyrrole nitrogens is 1. The Bertz CT molecular complexity index is 717. The van der Waals surface area contributed by atoms with E-state index in [4.69, 9.17) is 4.98 Å². The van der Waals surface area contributed by atoms with Gasteiger partial charge < -0.3 is 4.98 Å². The minimum absolute atomic E-state index is 0.0715. The number of thioether (sulfide) groups is 1. The Labute approximate surface area is 128 Å². The van der Waals surface area contributed by atoms with Crippen LogP contribution in [-0.2, 0) is 16.9 Å². The second kappa shape index (κ2) is 5.02. The van der Waals surface area contributed by atoms with E-state index in [2.05, 4.69) is 29.2 Å². The average Bonchev–Trinajstić information content (AvgIpc) is 3.18. The van der Waals surface area contributed by atoms with Crippen LogP contribution in [0.5, 0.6) is 0 Å². The first-order chi connectivity index (χ1) is 10.3. The molecule has 0 unspecified atom stereocenters. The molecular weight excluding hydrogens is 280 g/mol. The highest BCUT2D eigenvalue weighted by Gasteiger charge is 2.40. The second-order valence-corrected chi connectivity index (χ2v) is 6.97. The molecule has 4 heteroatoms. The van der Waals surface area contributed by atoms with Crippen LogP contribution in [0.15, 0.2) is 35.1 Å². The number of rotatable bonds is 2. The third-order valence-corrected chi connectivity index (χ3v) is 5.79. The molecule has 1 aromatic heterocycles. The molecule has 0 saturated heterocycles. The summed E-state index contributed by atoms with van der Waals surface area (Å²) in [5.74, 6) is 2.56. The van der Waals surface area contributed by atoms with E-state index >= 15 is 0 Å². The van der Waals surface area contributed by atoms with Gasteiger partial charge in [0.1, 0.15) is 5.82 Å². The predicted molar refractivity (Wildman–Crippen MR) is 85.5 cm³/mol. The first kappa shape index (κ1) is 13.1. The van der Waals surface area contributed by atoms with Gasteiger partial charge in [-0.05, 0) is 18.4 Å². The lowest BCUT2D eigenvalue weighted by Crippen LogP contribution is -2.31. The molecule has 3 nitrogen and oxygen atoms in total. The van der Waals surface area contributed by atoms with Crippen molar-refractivity contribution < 1.29 is 0 Å². The monoisotopic (exact) mass is 298 g/mol. The van der Waals surface area contributed by atoms with Gasteiger partial charge in [-0.15, -0.1) is 0 Å². The summed E-state index contributed by atoms with van der Waals surface area (Å²) in [5.41, 5.74) is 3.15. The second-order valence-electron chi connectivity index (χ2n) is 5.99. The Morgan fingerprint density at radius 3 is 2.62 bits per heavy atom. The van der Waals surface area contributed by atoms with Crippen LogP contribution in [0.2, 0.25) is 0 Å². The molecule has 0 atom stereocenters. The van der Waals surface area contributed by atoms with Crippen molar-refractivity contribution in [3.63, 3.8) is 0 Å². The van der Waals surface area contributed by atoms with E-state index in [1.54, 1.807) is 11.8 Å². The molecule has 0 amide bonds. The van der Waals surface area contributed by atoms with Crippen LogP contribution in [0.1, 0.15) is 48.3 Å². The van der Waals surface area contributed by atoms with Crippen LogP contribution in [0.3, 0.4) is 0 Å². The zero-order chi connectivity index (χ0) is 14.3. The van der Waals surface area contributed by atoms with Gasteiger partial charge in [-0.25, -0.2) is 4.98 Å². The first-order valence-electron chi connectivity index (χ1n) is 7.55. The highest BCUT2D eigenvalue weighted by molar-refractivity contribution is 7.98. The number of benzene rings is 1. The van der Waals surface area contributed by atoms with Gasteiger partial charge >= 0.3 is 0 Å². The predicted octanol–water partition coefficient (Wildman–Crippen LogP) is 3.38. The maximum absolute atomic E-state index is 12.4. The van der Waals surface area contributed by atoms with Gasteiger partial charge in [0, 0.05) is 17.1 Å². The number of fused-ring (bicyclic) bond motifs is 1. The van der Waals surface area contributed by atoms with Gasteiger partial charge in [-0.1, -0.05) is 43.2 Å². The fourth-order valence-electron chi connectivity index (χ4n) is 3.69. The lowest BCUT2D eigenvalue weighted by Gasteiger charge is -2.29. The highest BCUT2D eigenvalue weighted by Crippen LogP contribution is 2.45. The molecule has 2 aliphatic rings. The molecule has 1 fully saturated rings. The molecule has 1 N–H and O–H groups in total. The average molecular weight is 298 g/mol. The summed E-state index contributed by atoms with van der Waals surface area (Å²) < 4.78 is 0. The van der Waals surface area contributed by atoms with E-state index < -0.39 is 0 Å². The SMILES string of the molecule is O=c1[nH]c(C2(c3ccccc3)CCCC2)nc2c1CSC2. The highest BCUT2D eigenvalue weighted by atomic mass is 32.2. The number of nitrogens with zero attached hydrogens (tertiary/aromatic N) is 1. The standard InChI is InChI=1S/C17H18N2OS/c20-15-13-10-21-11-14(13)18-16(19-15)17(8-4-5-9-17)12-6-2-1-3-7-12/h1-3,6-7H,4-5,8-11H2,(H,18,19,20). The van der Waals surface area contributed by atoms with E-state index in [1.165, 1.54) is 18.4 Å². The molecule has 1 aromatic carbocycles. The normalized spacial score (nSPS) is 19.6. The summed E-state index contributed by atoms with van der Waals surface area (Å²) in [4.78, 5) is 20.3. The molecule has 0 radical (unpaired) electrons. The van der Waals surface area contributed by atoms with Gasteiger partial charge in [-0.2, -0.15) is 11.8 Å². The van der Waals surface area contributed by atoms with Gasteiger partial charge in [0.05, 0.1) is 11.1 Å². The van der Waals surface area contributed by atoms with Crippen molar-refractivity contribution >= 4 is 11.8 Å². The molecule has 1 aliphatic heterocycles. The van der Waals surface area contributed by atoms with Crippen molar-refractivity contribution in [2.24, 2.45) is 0 Å². The van der Waals surface area contributed by atoms with Crippen LogP contribution in [-0.4, -0.2) is 9.97 Å².